The van der Waals surface area contributed by atoms with E-state index >= 15 is 0 Å². The highest BCUT2D eigenvalue weighted by Gasteiger charge is 2.25. The molecule has 1 fully saturated rings. The summed E-state index contributed by atoms with van der Waals surface area (Å²) in [6.07, 6.45) is 9.36. The first-order chi connectivity index (χ1) is 9.42. The molecule has 0 unspecified atom stereocenters. The molecule has 3 heteroatoms. The number of imidazole rings is 1. The first-order valence-corrected chi connectivity index (χ1v) is 7.88. The highest BCUT2D eigenvalue weighted by molar-refractivity contribution is 5.40. The number of hydrogen-bond acceptors (Lipinski definition) is 2. The van der Waals surface area contributed by atoms with Crippen LogP contribution in [0, 0.1) is 5.41 Å². The van der Waals surface area contributed by atoms with Crippen LogP contribution in [0.25, 0.3) is 0 Å². The third-order valence-corrected chi connectivity index (χ3v) is 4.09. The molecule has 2 rings (SSSR count). The molecular weight excluding hydrogens is 246 g/mol. The van der Waals surface area contributed by atoms with Gasteiger partial charge >= 0.3 is 0 Å². The van der Waals surface area contributed by atoms with Crippen molar-refractivity contribution >= 4 is 5.82 Å². The van der Waals surface area contributed by atoms with E-state index in [4.69, 9.17) is 10.7 Å². The number of rotatable bonds is 4. The van der Waals surface area contributed by atoms with Gasteiger partial charge in [0, 0.05) is 12.5 Å². The Bertz CT molecular complexity index is 459. The lowest BCUT2D eigenvalue weighted by Gasteiger charge is -2.22. The molecule has 0 spiro atoms. The topological polar surface area (TPSA) is 43.8 Å². The molecule has 0 radical (unpaired) electrons. The quantitative estimate of drug-likeness (QED) is 0.833. The normalized spacial score (nSPS) is 17.4. The maximum Gasteiger partial charge on any atom is 0.127 e. The van der Waals surface area contributed by atoms with E-state index in [9.17, 15) is 0 Å². The van der Waals surface area contributed by atoms with Gasteiger partial charge in [-0.25, -0.2) is 4.98 Å². The lowest BCUT2D eigenvalue weighted by molar-refractivity contribution is 0.404. The van der Waals surface area contributed by atoms with E-state index in [-0.39, 0.29) is 5.41 Å². The van der Waals surface area contributed by atoms with Crippen molar-refractivity contribution in [2.75, 3.05) is 5.73 Å². The first kappa shape index (κ1) is 15.1. The number of aromatic nitrogens is 2. The highest BCUT2D eigenvalue weighted by atomic mass is 15.1. The maximum absolute atomic E-state index is 6.36. The number of nitrogen functional groups attached to an aromatic ring is 1. The van der Waals surface area contributed by atoms with Gasteiger partial charge in [-0.3, -0.25) is 0 Å². The molecule has 1 aromatic rings. The molecule has 0 atom stereocenters. The molecule has 1 aromatic heterocycles. The fourth-order valence-corrected chi connectivity index (χ4v) is 3.16. The average Bonchev–Trinajstić information content (AvgIpc) is 2.67. The van der Waals surface area contributed by atoms with Crippen molar-refractivity contribution in [1.82, 2.24) is 9.55 Å². The van der Waals surface area contributed by atoms with Gasteiger partial charge in [0.2, 0.25) is 0 Å². The van der Waals surface area contributed by atoms with Crippen molar-refractivity contribution in [2.45, 2.75) is 71.8 Å². The Morgan fingerprint density at radius 3 is 2.50 bits per heavy atom. The Balaban J connectivity index is 2.33. The largest absolute Gasteiger partial charge is 0.384 e. The summed E-state index contributed by atoms with van der Waals surface area (Å²) in [6.45, 7) is 11.3. The van der Waals surface area contributed by atoms with Crippen molar-refractivity contribution in [1.29, 1.82) is 0 Å². The van der Waals surface area contributed by atoms with Crippen LogP contribution < -0.4 is 5.73 Å². The van der Waals surface area contributed by atoms with Crippen LogP contribution in [0.3, 0.4) is 0 Å². The Morgan fingerprint density at radius 1 is 1.30 bits per heavy atom. The van der Waals surface area contributed by atoms with Gasteiger partial charge in [0.05, 0.1) is 5.69 Å². The fourth-order valence-electron chi connectivity index (χ4n) is 3.16. The Labute approximate surface area is 123 Å². The van der Waals surface area contributed by atoms with E-state index in [1.165, 1.54) is 37.9 Å². The van der Waals surface area contributed by atoms with E-state index in [2.05, 4.69) is 31.9 Å². The Morgan fingerprint density at radius 2 is 1.95 bits per heavy atom. The molecule has 1 aliphatic carbocycles. The van der Waals surface area contributed by atoms with E-state index in [0.717, 1.165) is 24.5 Å². The lowest BCUT2D eigenvalue weighted by atomic mass is 9.88. The molecule has 1 aliphatic rings. The predicted octanol–water partition coefficient (Wildman–Crippen LogP) is 4.29. The Hall–Kier alpha value is -1.25. The van der Waals surface area contributed by atoms with Crippen LogP contribution >= 0.6 is 0 Å². The molecular formula is C17H29N3. The standard InChI is InChI=1S/C17H29N3/c1-5-11-20-15(18)14(12-17(2,3)4)19-16(20)13-9-7-6-8-10-13/h5,13H,1,6-12,18H2,2-4H3. The van der Waals surface area contributed by atoms with Crippen molar-refractivity contribution < 1.29 is 0 Å². The predicted molar refractivity (Wildman–Crippen MR) is 85.8 cm³/mol. The molecule has 112 valence electrons. The van der Waals surface area contributed by atoms with Crippen molar-refractivity contribution in [3.8, 4) is 0 Å². The second-order valence-corrected chi connectivity index (χ2v) is 7.27. The van der Waals surface area contributed by atoms with Crippen LogP contribution in [0.4, 0.5) is 5.82 Å². The summed E-state index contributed by atoms with van der Waals surface area (Å²) in [4.78, 5) is 4.93. The van der Waals surface area contributed by atoms with Crippen LogP contribution in [0.5, 0.6) is 0 Å². The van der Waals surface area contributed by atoms with Gasteiger partial charge < -0.3 is 10.3 Å². The number of nitrogens with two attached hydrogens (primary N) is 1. The molecule has 2 N–H and O–H groups in total. The van der Waals surface area contributed by atoms with Gasteiger partial charge in [0.1, 0.15) is 11.6 Å². The molecule has 20 heavy (non-hydrogen) atoms. The Kier molecular flexibility index (Phi) is 4.56. The van der Waals surface area contributed by atoms with Crippen LogP contribution in [0.1, 0.15) is 70.3 Å². The summed E-state index contributed by atoms with van der Waals surface area (Å²) in [7, 11) is 0. The van der Waals surface area contributed by atoms with Gasteiger partial charge in [-0.05, 0) is 24.7 Å². The highest BCUT2D eigenvalue weighted by Crippen LogP contribution is 2.35. The zero-order valence-electron chi connectivity index (χ0n) is 13.3. The molecule has 0 saturated heterocycles. The van der Waals surface area contributed by atoms with Crippen LogP contribution in [0.15, 0.2) is 12.7 Å². The summed E-state index contributed by atoms with van der Waals surface area (Å²) < 4.78 is 2.18. The molecule has 0 aliphatic heterocycles. The van der Waals surface area contributed by atoms with Crippen LogP contribution in [0.2, 0.25) is 0 Å². The molecule has 1 heterocycles. The van der Waals surface area contributed by atoms with E-state index in [1.54, 1.807) is 0 Å². The molecule has 0 amide bonds. The summed E-state index contributed by atoms with van der Waals surface area (Å²) in [5, 5.41) is 0. The smallest absolute Gasteiger partial charge is 0.127 e. The number of anilines is 1. The second kappa shape index (κ2) is 6.02. The average molecular weight is 275 g/mol. The van der Waals surface area contributed by atoms with E-state index in [0.29, 0.717) is 5.92 Å². The van der Waals surface area contributed by atoms with Gasteiger partial charge in [-0.15, -0.1) is 6.58 Å². The van der Waals surface area contributed by atoms with Crippen LogP contribution in [-0.2, 0) is 13.0 Å². The summed E-state index contributed by atoms with van der Waals surface area (Å²) >= 11 is 0. The third kappa shape index (κ3) is 3.44. The zero-order valence-corrected chi connectivity index (χ0v) is 13.3. The molecule has 0 aromatic carbocycles. The fraction of sp³-hybridized carbons (Fsp3) is 0.706. The summed E-state index contributed by atoms with van der Waals surface area (Å²) in [5.41, 5.74) is 7.64. The van der Waals surface area contributed by atoms with Gasteiger partial charge in [0.25, 0.3) is 0 Å². The molecule has 0 bridgehead atoms. The summed E-state index contributed by atoms with van der Waals surface area (Å²) in [5.74, 6) is 2.63. The van der Waals surface area contributed by atoms with Crippen molar-refractivity contribution in [2.24, 2.45) is 5.41 Å². The van der Waals surface area contributed by atoms with Gasteiger partial charge in [0.15, 0.2) is 0 Å². The lowest BCUT2D eigenvalue weighted by Crippen LogP contribution is -2.13. The first-order valence-electron chi connectivity index (χ1n) is 7.88. The SMILES string of the molecule is C=CCn1c(C2CCCCC2)nc(CC(C)(C)C)c1N. The molecule has 3 nitrogen and oxygen atoms in total. The maximum atomic E-state index is 6.36. The zero-order chi connectivity index (χ0) is 14.8. The second-order valence-electron chi connectivity index (χ2n) is 7.27. The number of nitrogens with zero attached hydrogens (tertiary/aromatic N) is 2. The minimum atomic E-state index is 0.214. The van der Waals surface area contributed by atoms with Crippen LogP contribution in [-0.4, -0.2) is 9.55 Å². The van der Waals surface area contributed by atoms with Crippen molar-refractivity contribution in [3.63, 3.8) is 0 Å². The van der Waals surface area contributed by atoms with Crippen molar-refractivity contribution in [3.05, 3.63) is 24.2 Å². The third-order valence-electron chi connectivity index (χ3n) is 4.09. The summed E-state index contributed by atoms with van der Waals surface area (Å²) in [6, 6.07) is 0. The minimum absolute atomic E-state index is 0.214. The number of allylic oxidation sites excluding steroid dienone is 1. The molecule has 1 saturated carbocycles. The minimum Gasteiger partial charge on any atom is -0.384 e. The van der Waals surface area contributed by atoms with Gasteiger partial charge in [-0.1, -0.05) is 46.1 Å². The van der Waals surface area contributed by atoms with E-state index < -0.39 is 0 Å². The van der Waals surface area contributed by atoms with E-state index in [1.807, 2.05) is 6.08 Å². The van der Waals surface area contributed by atoms with Gasteiger partial charge in [-0.2, -0.15) is 0 Å². The monoisotopic (exact) mass is 275 g/mol. The number of hydrogen-bond donors (Lipinski definition) is 1.